The van der Waals surface area contributed by atoms with Crippen LogP contribution in [0.25, 0.3) is 0 Å². The first-order chi connectivity index (χ1) is 6.25. The van der Waals surface area contributed by atoms with Crippen LogP contribution in [-0.4, -0.2) is 13.1 Å². The van der Waals surface area contributed by atoms with Crippen LogP contribution in [0, 0.1) is 6.92 Å². The molecule has 13 heavy (non-hydrogen) atoms. The molecule has 0 saturated carbocycles. The second-order valence-electron chi connectivity index (χ2n) is 3.32. The Morgan fingerprint density at radius 2 is 2.08 bits per heavy atom. The van der Waals surface area contributed by atoms with Crippen LogP contribution in [-0.2, 0) is 0 Å². The zero-order valence-electron chi connectivity index (χ0n) is 8.38. The van der Waals surface area contributed by atoms with E-state index >= 15 is 0 Å². The van der Waals surface area contributed by atoms with Crippen molar-refractivity contribution in [3.8, 4) is 0 Å². The zero-order chi connectivity index (χ0) is 9.68. The van der Waals surface area contributed by atoms with E-state index in [0.29, 0.717) is 12.6 Å². The Kier molecular flexibility index (Phi) is 3.93. The van der Waals surface area contributed by atoms with Gasteiger partial charge in [-0.25, -0.2) is 0 Å². The van der Waals surface area contributed by atoms with Crippen molar-refractivity contribution in [1.29, 1.82) is 0 Å². The average Bonchev–Trinajstić information content (AvgIpc) is 2.15. The fourth-order valence-electron chi connectivity index (χ4n) is 1.48. The van der Waals surface area contributed by atoms with E-state index in [2.05, 4.69) is 43.4 Å². The second kappa shape index (κ2) is 5.00. The molecule has 72 valence electrons. The van der Waals surface area contributed by atoms with E-state index in [1.807, 2.05) is 0 Å². The molecule has 1 rings (SSSR count). The van der Waals surface area contributed by atoms with Gasteiger partial charge in [-0.3, -0.25) is 0 Å². The lowest BCUT2D eigenvalue weighted by molar-refractivity contribution is 0.580. The summed E-state index contributed by atoms with van der Waals surface area (Å²) in [6.45, 7) is 5.86. The van der Waals surface area contributed by atoms with Crippen molar-refractivity contribution in [2.75, 3.05) is 13.1 Å². The third kappa shape index (κ3) is 2.83. The number of hydrogen-bond donors (Lipinski definition) is 2. The number of nitrogens with one attached hydrogen (secondary N) is 1. The molecule has 0 fully saturated rings. The molecule has 0 aliphatic carbocycles. The Bertz CT molecular complexity index is 258. The summed E-state index contributed by atoms with van der Waals surface area (Å²) < 4.78 is 0. The van der Waals surface area contributed by atoms with Crippen LogP contribution in [0.2, 0.25) is 0 Å². The molecule has 0 heterocycles. The molecule has 1 aromatic carbocycles. The minimum Gasteiger partial charge on any atom is -0.329 e. The van der Waals surface area contributed by atoms with E-state index in [0.717, 1.165) is 6.54 Å². The van der Waals surface area contributed by atoms with Gasteiger partial charge in [0.1, 0.15) is 0 Å². The molecule has 0 saturated heterocycles. The van der Waals surface area contributed by atoms with Gasteiger partial charge in [0.2, 0.25) is 0 Å². The van der Waals surface area contributed by atoms with Crippen molar-refractivity contribution >= 4 is 0 Å². The third-order valence-electron chi connectivity index (χ3n) is 2.25. The van der Waals surface area contributed by atoms with Crippen LogP contribution in [0.4, 0.5) is 0 Å². The van der Waals surface area contributed by atoms with E-state index < -0.39 is 0 Å². The second-order valence-corrected chi connectivity index (χ2v) is 3.32. The molecule has 0 bridgehead atoms. The first-order valence-corrected chi connectivity index (χ1v) is 4.74. The van der Waals surface area contributed by atoms with Gasteiger partial charge in [0.25, 0.3) is 0 Å². The molecule has 0 amide bonds. The van der Waals surface area contributed by atoms with Gasteiger partial charge in [-0.15, -0.1) is 0 Å². The lowest BCUT2D eigenvalue weighted by atomic mass is 10.0. The Morgan fingerprint density at radius 1 is 1.38 bits per heavy atom. The molecule has 0 radical (unpaired) electrons. The highest BCUT2D eigenvalue weighted by Gasteiger charge is 2.05. The minimum atomic E-state index is 0.393. The summed E-state index contributed by atoms with van der Waals surface area (Å²) in [5.74, 6) is 0. The van der Waals surface area contributed by atoms with Crippen molar-refractivity contribution in [3.63, 3.8) is 0 Å². The van der Waals surface area contributed by atoms with E-state index in [-0.39, 0.29) is 0 Å². The summed E-state index contributed by atoms with van der Waals surface area (Å²) in [5.41, 5.74) is 8.12. The fraction of sp³-hybridized carbons (Fsp3) is 0.455. The summed E-state index contributed by atoms with van der Waals surface area (Å²) in [6, 6.07) is 8.82. The quantitative estimate of drug-likeness (QED) is 0.735. The first kappa shape index (κ1) is 10.2. The number of hydrogen-bond acceptors (Lipinski definition) is 2. The van der Waals surface area contributed by atoms with Gasteiger partial charge >= 0.3 is 0 Å². The van der Waals surface area contributed by atoms with Crippen molar-refractivity contribution in [3.05, 3.63) is 35.4 Å². The van der Waals surface area contributed by atoms with Gasteiger partial charge in [-0.2, -0.15) is 0 Å². The maximum Gasteiger partial charge on any atom is 0.0294 e. The highest BCUT2D eigenvalue weighted by molar-refractivity contribution is 5.28. The van der Waals surface area contributed by atoms with Gasteiger partial charge in [0.05, 0.1) is 0 Å². The van der Waals surface area contributed by atoms with Crippen molar-refractivity contribution < 1.29 is 0 Å². The predicted molar refractivity (Wildman–Crippen MR) is 56.7 cm³/mol. The summed E-state index contributed by atoms with van der Waals surface area (Å²) >= 11 is 0. The number of aryl methyl sites for hydroxylation is 1. The van der Waals surface area contributed by atoms with E-state index in [1.54, 1.807) is 0 Å². The summed E-state index contributed by atoms with van der Waals surface area (Å²) in [7, 11) is 0. The zero-order valence-corrected chi connectivity index (χ0v) is 8.38. The van der Waals surface area contributed by atoms with Crippen LogP contribution in [0.1, 0.15) is 24.1 Å². The monoisotopic (exact) mass is 178 g/mol. The summed E-state index contributed by atoms with van der Waals surface area (Å²) in [4.78, 5) is 0. The van der Waals surface area contributed by atoms with Crippen molar-refractivity contribution in [2.45, 2.75) is 19.9 Å². The summed E-state index contributed by atoms with van der Waals surface area (Å²) in [5, 5.41) is 3.36. The number of nitrogens with two attached hydrogens (primary N) is 1. The Morgan fingerprint density at radius 3 is 2.69 bits per heavy atom. The number of rotatable bonds is 4. The Hall–Kier alpha value is -0.860. The smallest absolute Gasteiger partial charge is 0.0294 e. The Labute approximate surface area is 80.1 Å². The molecule has 2 nitrogen and oxygen atoms in total. The minimum absolute atomic E-state index is 0.393. The fourth-order valence-corrected chi connectivity index (χ4v) is 1.48. The predicted octanol–water partition coefficient (Wildman–Crippen LogP) is 1.60. The van der Waals surface area contributed by atoms with Crippen LogP contribution >= 0.6 is 0 Å². The van der Waals surface area contributed by atoms with Crippen LogP contribution in [0.5, 0.6) is 0 Å². The van der Waals surface area contributed by atoms with Gasteiger partial charge in [0.15, 0.2) is 0 Å². The van der Waals surface area contributed by atoms with Crippen LogP contribution in [0.15, 0.2) is 24.3 Å². The van der Waals surface area contributed by atoms with Crippen LogP contribution < -0.4 is 11.1 Å². The van der Waals surface area contributed by atoms with Gasteiger partial charge in [-0.05, 0) is 25.0 Å². The molecule has 0 aliphatic rings. The van der Waals surface area contributed by atoms with E-state index in [4.69, 9.17) is 5.73 Å². The number of benzene rings is 1. The first-order valence-electron chi connectivity index (χ1n) is 4.74. The average molecular weight is 178 g/mol. The molecular formula is C11H18N2. The maximum atomic E-state index is 5.43. The molecule has 1 aromatic rings. The maximum absolute atomic E-state index is 5.43. The molecule has 1 unspecified atom stereocenters. The normalized spacial score (nSPS) is 12.8. The molecule has 3 N–H and O–H groups in total. The molecule has 2 heteroatoms. The van der Waals surface area contributed by atoms with Gasteiger partial charge in [0, 0.05) is 19.1 Å². The van der Waals surface area contributed by atoms with E-state index in [9.17, 15) is 0 Å². The standard InChI is InChI=1S/C11H18N2/c1-9-5-3-4-6-11(9)10(2)13-8-7-12/h3-6,10,13H,7-8,12H2,1-2H3. The SMILES string of the molecule is Cc1ccccc1C(C)NCCN. The van der Waals surface area contributed by atoms with Crippen LogP contribution in [0.3, 0.4) is 0 Å². The molecule has 0 aliphatic heterocycles. The highest BCUT2D eigenvalue weighted by atomic mass is 14.9. The largest absolute Gasteiger partial charge is 0.329 e. The molecule has 1 atom stereocenters. The highest BCUT2D eigenvalue weighted by Crippen LogP contribution is 2.15. The van der Waals surface area contributed by atoms with Gasteiger partial charge in [-0.1, -0.05) is 24.3 Å². The molecule has 0 aromatic heterocycles. The lowest BCUT2D eigenvalue weighted by Gasteiger charge is -2.15. The summed E-state index contributed by atoms with van der Waals surface area (Å²) in [6.07, 6.45) is 0. The van der Waals surface area contributed by atoms with Crippen molar-refractivity contribution in [2.24, 2.45) is 5.73 Å². The van der Waals surface area contributed by atoms with E-state index in [1.165, 1.54) is 11.1 Å². The third-order valence-corrected chi connectivity index (χ3v) is 2.25. The van der Waals surface area contributed by atoms with Gasteiger partial charge < -0.3 is 11.1 Å². The Balaban J connectivity index is 2.65. The lowest BCUT2D eigenvalue weighted by Crippen LogP contribution is -2.25. The topological polar surface area (TPSA) is 38.0 Å². The van der Waals surface area contributed by atoms with Crippen molar-refractivity contribution in [1.82, 2.24) is 5.32 Å². The molecule has 0 spiro atoms. The molecular weight excluding hydrogens is 160 g/mol.